The summed E-state index contributed by atoms with van der Waals surface area (Å²) < 4.78 is 0. The van der Waals surface area contributed by atoms with Gasteiger partial charge in [-0.05, 0) is 17.5 Å². The molecule has 58 valence electrons. The van der Waals surface area contributed by atoms with Crippen LogP contribution in [0.2, 0.25) is 0 Å². The largest absolute Gasteiger partial charge is 0.326 e. The Morgan fingerprint density at radius 2 is 2.18 bits per heavy atom. The van der Waals surface area contributed by atoms with Gasteiger partial charge in [-0.25, -0.2) is 0 Å². The van der Waals surface area contributed by atoms with Gasteiger partial charge in [-0.15, -0.1) is 6.58 Å². The molecular weight excluding hydrogens is 136 g/mol. The second-order valence-corrected chi connectivity index (χ2v) is 2.40. The standard InChI is InChI=1S/C9H12N2/c1-2-3-8-4-9(5-10)7-11-6-8/h2,4,6-7H,1,3,5,10H2. The molecule has 0 spiro atoms. The predicted molar refractivity (Wildman–Crippen MR) is 46.0 cm³/mol. The Kier molecular flexibility index (Phi) is 2.81. The predicted octanol–water partition coefficient (Wildman–Crippen LogP) is 1.27. The molecule has 1 rings (SSSR count). The first-order chi connectivity index (χ1) is 5.36. The van der Waals surface area contributed by atoms with Crippen molar-refractivity contribution in [3.8, 4) is 0 Å². The number of nitrogens with zero attached hydrogens (tertiary/aromatic N) is 1. The lowest BCUT2D eigenvalue weighted by atomic mass is 10.1. The first-order valence-electron chi connectivity index (χ1n) is 3.60. The summed E-state index contributed by atoms with van der Waals surface area (Å²) in [6.07, 6.45) is 6.34. The fourth-order valence-electron chi connectivity index (χ4n) is 0.931. The van der Waals surface area contributed by atoms with E-state index in [2.05, 4.69) is 17.6 Å². The van der Waals surface area contributed by atoms with Crippen molar-refractivity contribution in [3.63, 3.8) is 0 Å². The van der Waals surface area contributed by atoms with Gasteiger partial charge < -0.3 is 5.73 Å². The van der Waals surface area contributed by atoms with Crippen LogP contribution in [-0.4, -0.2) is 4.98 Å². The maximum atomic E-state index is 5.45. The number of pyridine rings is 1. The van der Waals surface area contributed by atoms with Crippen LogP contribution in [0.4, 0.5) is 0 Å². The summed E-state index contributed by atoms with van der Waals surface area (Å²) in [5.74, 6) is 0. The van der Waals surface area contributed by atoms with Crippen LogP contribution < -0.4 is 5.73 Å². The Morgan fingerprint density at radius 1 is 1.45 bits per heavy atom. The Morgan fingerprint density at radius 3 is 2.82 bits per heavy atom. The van der Waals surface area contributed by atoms with Crippen LogP contribution in [0.15, 0.2) is 31.1 Å². The highest BCUT2D eigenvalue weighted by Gasteiger charge is 1.91. The van der Waals surface area contributed by atoms with E-state index in [1.807, 2.05) is 12.3 Å². The zero-order valence-electron chi connectivity index (χ0n) is 6.46. The molecule has 0 aliphatic heterocycles. The van der Waals surface area contributed by atoms with Crippen molar-refractivity contribution >= 4 is 0 Å². The second kappa shape index (κ2) is 3.88. The second-order valence-electron chi connectivity index (χ2n) is 2.40. The summed E-state index contributed by atoms with van der Waals surface area (Å²) in [6.45, 7) is 4.21. The van der Waals surface area contributed by atoms with E-state index >= 15 is 0 Å². The average molecular weight is 148 g/mol. The van der Waals surface area contributed by atoms with Gasteiger partial charge in [0, 0.05) is 18.9 Å². The minimum atomic E-state index is 0.554. The van der Waals surface area contributed by atoms with Crippen LogP contribution in [0.25, 0.3) is 0 Å². The molecule has 0 radical (unpaired) electrons. The molecule has 0 amide bonds. The molecular formula is C9H12N2. The molecule has 0 aliphatic carbocycles. The van der Waals surface area contributed by atoms with Crippen molar-refractivity contribution in [2.24, 2.45) is 5.73 Å². The molecule has 0 saturated carbocycles. The average Bonchev–Trinajstić information content (AvgIpc) is 2.06. The van der Waals surface area contributed by atoms with E-state index in [9.17, 15) is 0 Å². The summed E-state index contributed by atoms with van der Waals surface area (Å²) in [7, 11) is 0. The molecule has 1 heterocycles. The maximum Gasteiger partial charge on any atom is 0.0312 e. The fourth-order valence-corrected chi connectivity index (χ4v) is 0.931. The Bertz CT molecular complexity index is 243. The molecule has 2 N–H and O–H groups in total. The summed E-state index contributed by atoms with van der Waals surface area (Å²) in [4.78, 5) is 4.05. The number of aromatic nitrogens is 1. The highest BCUT2D eigenvalue weighted by atomic mass is 14.6. The maximum absolute atomic E-state index is 5.45. The van der Waals surface area contributed by atoms with Gasteiger partial charge in [0.25, 0.3) is 0 Å². The van der Waals surface area contributed by atoms with Crippen molar-refractivity contribution in [2.75, 3.05) is 0 Å². The zero-order chi connectivity index (χ0) is 8.10. The Balaban J connectivity index is 2.82. The molecule has 1 aromatic heterocycles. The molecule has 2 heteroatoms. The minimum absolute atomic E-state index is 0.554. The summed E-state index contributed by atoms with van der Waals surface area (Å²) >= 11 is 0. The minimum Gasteiger partial charge on any atom is -0.326 e. The molecule has 1 aromatic rings. The van der Waals surface area contributed by atoms with Gasteiger partial charge in [-0.3, -0.25) is 4.98 Å². The smallest absolute Gasteiger partial charge is 0.0312 e. The van der Waals surface area contributed by atoms with E-state index in [-0.39, 0.29) is 0 Å². The van der Waals surface area contributed by atoms with E-state index in [1.165, 1.54) is 5.56 Å². The molecule has 0 saturated heterocycles. The molecule has 11 heavy (non-hydrogen) atoms. The monoisotopic (exact) mass is 148 g/mol. The van der Waals surface area contributed by atoms with Crippen LogP contribution >= 0.6 is 0 Å². The Hall–Kier alpha value is -1.15. The molecule has 0 aliphatic rings. The number of rotatable bonds is 3. The zero-order valence-corrected chi connectivity index (χ0v) is 6.46. The van der Waals surface area contributed by atoms with E-state index in [0.29, 0.717) is 6.54 Å². The molecule has 0 bridgehead atoms. The van der Waals surface area contributed by atoms with Gasteiger partial charge in [0.05, 0.1) is 0 Å². The first kappa shape index (κ1) is 7.95. The lowest BCUT2D eigenvalue weighted by molar-refractivity contribution is 1.03. The quantitative estimate of drug-likeness (QED) is 0.655. The van der Waals surface area contributed by atoms with E-state index in [4.69, 9.17) is 5.73 Å². The number of hydrogen-bond donors (Lipinski definition) is 1. The number of hydrogen-bond acceptors (Lipinski definition) is 2. The molecule has 0 atom stereocenters. The summed E-state index contributed by atoms with van der Waals surface area (Å²) in [5, 5.41) is 0. The Labute approximate surface area is 66.8 Å². The lowest BCUT2D eigenvalue weighted by Crippen LogP contribution is -1.97. The van der Waals surface area contributed by atoms with Crippen LogP contribution in [0.5, 0.6) is 0 Å². The molecule has 0 aromatic carbocycles. The van der Waals surface area contributed by atoms with Crippen LogP contribution in [0.3, 0.4) is 0 Å². The highest BCUT2D eigenvalue weighted by molar-refractivity contribution is 5.19. The first-order valence-corrected chi connectivity index (χ1v) is 3.60. The third kappa shape index (κ3) is 2.16. The van der Waals surface area contributed by atoms with E-state index < -0.39 is 0 Å². The third-order valence-corrected chi connectivity index (χ3v) is 1.47. The van der Waals surface area contributed by atoms with E-state index in [1.54, 1.807) is 6.20 Å². The molecule has 0 fully saturated rings. The van der Waals surface area contributed by atoms with Crippen LogP contribution in [0, 0.1) is 0 Å². The number of nitrogens with two attached hydrogens (primary N) is 1. The van der Waals surface area contributed by atoms with Crippen molar-refractivity contribution in [3.05, 3.63) is 42.2 Å². The van der Waals surface area contributed by atoms with Gasteiger partial charge >= 0.3 is 0 Å². The number of allylic oxidation sites excluding steroid dienone is 1. The summed E-state index contributed by atoms with van der Waals surface area (Å²) in [6, 6.07) is 2.05. The van der Waals surface area contributed by atoms with Crippen molar-refractivity contribution < 1.29 is 0 Å². The summed E-state index contributed by atoms with van der Waals surface area (Å²) in [5.41, 5.74) is 7.69. The van der Waals surface area contributed by atoms with Crippen molar-refractivity contribution in [1.29, 1.82) is 0 Å². The van der Waals surface area contributed by atoms with Gasteiger partial charge in [0.1, 0.15) is 0 Å². The third-order valence-electron chi connectivity index (χ3n) is 1.47. The van der Waals surface area contributed by atoms with Gasteiger partial charge in [0.15, 0.2) is 0 Å². The highest BCUT2D eigenvalue weighted by Crippen LogP contribution is 2.02. The van der Waals surface area contributed by atoms with E-state index in [0.717, 1.165) is 12.0 Å². The van der Waals surface area contributed by atoms with Crippen molar-refractivity contribution in [2.45, 2.75) is 13.0 Å². The fraction of sp³-hybridized carbons (Fsp3) is 0.222. The van der Waals surface area contributed by atoms with Gasteiger partial charge in [-0.1, -0.05) is 12.1 Å². The van der Waals surface area contributed by atoms with Crippen molar-refractivity contribution in [1.82, 2.24) is 4.98 Å². The lowest BCUT2D eigenvalue weighted by Gasteiger charge is -1.98. The SMILES string of the molecule is C=CCc1cncc(CN)c1. The topological polar surface area (TPSA) is 38.9 Å². The normalized spacial score (nSPS) is 9.55. The molecule has 0 unspecified atom stereocenters. The van der Waals surface area contributed by atoms with Crippen LogP contribution in [0.1, 0.15) is 11.1 Å². The van der Waals surface area contributed by atoms with Crippen LogP contribution in [-0.2, 0) is 13.0 Å². The van der Waals surface area contributed by atoms with Gasteiger partial charge in [0.2, 0.25) is 0 Å². The molecule has 2 nitrogen and oxygen atoms in total. The van der Waals surface area contributed by atoms with Gasteiger partial charge in [-0.2, -0.15) is 0 Å².